The number of rotatable bonds is 6. The van der Waals surface area contributed by atoms with Crippen LogP contribution in [0, 0.1) is 6.92 Å². The highest BCUT2D eigenvalue weighted by Gasteiger charge is 2.25. The van der Waals surface area contributed by atoms with Crippen molar-refractivity contribution in [1.82, 2.24) is 14.3 Å². The van der Waals surface area contributed by atoms with Crippen LogP contribution < -0.4 is 5.73 Å². The van der Waals surface area contributed by atoms with Crippen LogP contribution >= 0.6 is 0 Å². The van der Waals surface area contributed by atoms with Crippen LogP contribution in [0.25, 0.3) is 0 Å². The van der Waals surface area contributed by atoms with Crippen molar-refractivity contribution in [2.45, 2.75) is 31.8 Å². The van der Waals surface area contributed by atoms with Gasteiger partial charge in [0, 0.05) is 18.8 Å². The standard InChI is InChI=1S/C14H20N4O2S/c1-3-7-18(10-12-5-4-6-13(15)8-12)21(19,20)14-9-16-11(2)17-14/h4-6,8-9H,3,7,10,15H2,1-2H3,(H,16,17). The zero-order valence-corrected chi connectivity index (χ0v) is 13.0. The minimum Gasteiger partial charge on any atom is -0.399 e. The van der Waals surface area contributed by atoms with Gasteiger partial charge in [-0.15, -0.1) is 0 Å². The lowest BCUT2D eigenvalue weighted by atomic mass is 10.2. The molecule has 0 amide bonds. The van der Waals surface area contributed by atoms with Gasteiger partial charge in [-0.2, -0.15) is 4.31 Å². The molecule has 0 fully saturated rings. The minimum absolute atomic E-state index is 0.123. The van der Waals surface area contributed by atoms with Crippen LogP contribution in [-0.2, 0) is 16.6 Å². The number of nitrogens with zero attached hydrogens (tertiary/aromatic N) is 2. The number of hydrogen-bond donors (Lipinski definition) is 2. The van der Waals surface area contributed by atoms with Crippen LogP contribution in [0.4, 0.5) is 5.69 Å². The van der Waals surface area contributed by atoms with Crippen molar-refractivity contribution in [2.75, 3.05) is 12.3 Å². The molecule has 0 saturated carbocycles. The number of aromatic amines is 1. The summed E-state index contributed by atoms with van der Waals surface area (Å²) in [5.74, 6) is 0.578. The second kappa shape index (κ2) is 6.28. The smallest absolute Gasteiger partial charge is 0.260 e. The first kappa shape index (κ1) is 15.5. The Morgan fingerprint density at radius 3 is 2.71 bits per heavy atom. The summed E-state index contributed by atoms with van der Waals surface area (Å²) in [5, 5.41) is 0.123. The molecule has 114 valence electrons. The molecule has 0 saturated heterocycles. The number of H-pyrrole nitrogens is 1. The Balaban J connectivity index is 2.30. The normalized spacial score (nSPS) is 12.0. The second-order valence-corrected chi connectivity index (χ2v) is 6.82. The molecule has 2 aromatic rings. The van der Waals surface area contributed by atoms with Gasteiger partial charge in [-0.05, 0) is 31.0 Å². The molecule has 0 aliphatic carbocycles. The number of aryl methyl sites for hydroxylation is 1. The summed E-state index contributed by atoms with van der Waals surface area (Å²) >= 11 is 0. The van der Waals surface area contributed by atoms with Gasteiger partial charge in [0.25, 0.3) is 10.0 Å². The summed E-state index contributed by atoms with van der Waals surface area (Å²) in [4.78, 5) is 6.75. The van der Waals surface area contributed by atoms with E-state index in [1.165, 1.54) is 10.5 Å². The van der Waals surface area contributed by atoms with Gasteiger partial charge >= 0.3 is 0 Å². The van der Waals surface area contributed by atoms with E-state index < -0.39 is 10.0 Å². The maximum atomic E-state index is 12.6. The topological polar surface area (TPSA) is 92.1 Å². The summed E-state index contributed by atoms with van der Waals surface area (Å²) in [6, 6.07) is 7.26. The maximum absolute atomic E-state index is 12.6. The number of sulfonamides is 1. The van der Waals surface area contributed by atoms with Gasteiger partial charge in [-0.1, -0.05) is 19.1 Å². The first-order valence-electron chi connectivity index (χ1n) is 6.79. The molecular formula is C14H20N4O2S. The van der Waals surface area contributed by atoms with Crippen molar-refractivity contribution in [3.63, 3.8) is 0 Å². The molecule has 1 aromatic carbocycles. The SMILES string of the molecule is CCCN(Cc1cccc(N)c1)S(=O)(=O)c1cnc(C)[nH]1. The quantitative estimate of drug-likeness (QED) is 0.797. The Labute approximate surface area is 125 Å². The van der Waals surface area contributed by atoms with Crippen LogP contribution in [0.1, 0.15) is 24.7 Å². The van der Waals surface area contributed by atoms with Crippen molar-refractivity contribution in [3.05, 3.63) is 41.9 Å². The molecule has 0 bridgehead atoms. The third-order valence-electron chi connectivity index (χ3n) is 3.08. The van der Waals surface area contributed by atoms with Crippen LogP contribution in [0.3, 0.4) is 0 Å². The van der Waals surface area contributed by atoms with Crippen LogP contribution in [0.15, 0.2) is 35.5 Å². The fourth-order valence-electron chi connectivity index (χ4n) is 2.10. The Morgan fingerprint density at radius 1 is 1.38 bits per heavy atom. The highest BCUT2D eigenvalue weighted by molar-refractivity contribution is 7.89. The van der Waals surface area contributed by atoms with E-state index in [0.717, 1.165) is 12.0 Å². The Hall–Kier alpha value is -1.86. The van der Waals surface area contributed by atoms with Crippen molar-refractivity contribution >= 4 is 15.7 Å². The Bertz CT molecular complexity index is 709. The molecule has 3 N–H and O–H groups in total. The summed E-state index contributed by atoms with van der Waals surface area (Å²) in [7, 11) is -3.58. The van der Waals surface area contributed by atoms with Gasteiger partial charge in [0.15, 0.2) is 5.03 Å². The second-order valence-electron chi connectivity index (χ2n) is 4.92. The lowest BCUT2D eigenvalue weighted by molar-refractivity contribution is 0.404. The fraction of sp³-hybridized carbons (Fsp3) is 0.357. The third-order valence-corrected chi connectivity index (χ3v) is 4.84. The monoisotopic (exact) mass is 308 g/mol. The molecule has 0 aliphatic heterocycles. The van der Waals surface area contributed by atoms with Gasteiger partial charge in [-0.3, -0.25) is 0 Å². The van der Waals surface area contributed by atoms with Crippen molar-refractivity contribution in [1.29, 1.82) is 0 Å². The van der Waals surface area contributed by atoms with E-state index >= 15 is 0 Å². The Morgan fingerprint density at radius 2 is 2.14 bits per heavy atom. The third kappa shape index (κ3) is 3.62. The van der Waals surface area contributed by atoms with Gasteiger partial charge in [-0.25, -0.2) is 13.4 Å². The van der Waals surface area contributed by atoms with Crippen molar-refractivity contribution in [2.24, 2.45) is 0 Å². The van der Waals surface area contributed by atoms with E-state index in [2.05, 4.69) is 9.97 Å². The lowest BCUT2D eigenvalue weighted by Gasteiger charge is -2.20. The average molecular weight is 308 g/mol. The number of hydrogen-bond acceptors (Lipinski definition) is 4. The fourth-order valence-corrected chi connectivity index (χ4v) is 3.58. The molecular weight excluding hydrogens is 288 g/mol. The van der Waals surface area contributed by atoms with E-state index in [0.29, 0.717) is 24.6 Å². The summed E-state index contributed by atoms with van der Waals surface area (Å²) in [6.45, 7) is 4.40. The maximum Gasteiger partial charge on any atom is 0.260 e. The highest BCUT2D eigenvalue weighted by atomic mass is 32.2. The number of imidazole rings is 1. The van der Waals surface area contributed by atoms with Crippen molar-refractivity contribution in [3.8, 4) is 0 Å². The van der Waals surface area contributed by atoms with Crippen LogP contribution in [-0.4, -0.2) is 29.2 Å². The predicted molar refractivity (Wildman–Crippen MR) is 82.1 cm³/mol. The summed E-state index contributed by atoms with van der Waals surface area (Å²) in [6.07, 6.45) is 2.08. The lowest BCUT2D eigenvalue weighted by Crippen LogP contribution is -2.31. The van der Waals surface area contributed by atoms with Gasteiger partial charge in [0.1, 0.15) is 5.82 Å². The van der Waals surface area contributed by atoms with E-state index in [9.17, 15) is 8.42 Å². The van der Waals surface area contributed by atoms with Gasteiger partial charge < -0.3 is 10.7 Å². The average Bonchev–Trinajstić information content (AvgIpc) is 2.86. The molecule has 1 heterocycles. The highest BCUT2D eigenvalue weighted by Crippen LogP contribution is 2.18. The molecule has 0 unspecified atom stereocenters. The first-order chi connectivity index (χ1) is 9.93. The summed E-state index contributed by atoms with van der Waals surface area (Å²) in [5.41, 5.74) is 7.24. The number of nitrogens with two attached hydrogens (primary N) is 1. The molecule has 0 radical (unpaired) electrons. The molecule has 7 heteroatoms. The van der Waals surface area contributed by atoms with Gasteiger partial charge in [0.05, 0.1) is 6.20 Å². The zero-order chi connectivity index (χ0) is 15.5. The molecule has 2 rings (SSSR count). The first-order valence-corrected chi connectivity index (χ1v) is 8.23. The number of aromatic nitrogens is 2. The Kier molecular flexibility index (Phi) is 4.64. The van der Waals surface area contributed by atoms with Gasteiger partial charge in [0.2, 0.25) is 0 Å². The molecule has 0 spiro atoms. The minimum atomic E-state index is -3.58. The van der Waals surface area contributed by atoms with Crippen LogP contribution in [0.2, 0.25) is 0 Å². The van der Waals surface area contributed by atoms with Crippen molar-refractivity contribution < 1.29 is 8.42 Å². The molecule has 0 atom stereocenters. The largest absolute Gasteiger partial charge is 0.399 e. The van der Waals surface area contributed by atoms with E-state index in [1.807, 2.05) is 19.1 Å². The van der Waals surface area contributed by atoms with E-state index in [-0.39, 0.29) is 5.03 Å². The molecule has 21 heavy (non-hydrogen) atoms. The molecule has 1 aromatic heterocycles. The zero-order valence-electron chi connectivity index (χ0n) is 12.2. The predicted octanol–water partition coefficient (Wildman–Crippen LogP) is 1.90. The molecule has 6 nitrogen and oxygen atoms in total. The van der Waals surface area contributed by atoms with E-state index in [1.54, 1.807) is 19.1 Å². The number of benzene rings is 1. The summed E-state index contributed by atoms with van der Waals surface area (Å²) < 4.78 is 26.7. The number of nitrogen functional groups attached to an aromatic ring is 1. The number of nitrogens with one attached hydrogen (secondary N) is 1. The number of anilines is 1. The van der Waals surface area contributed by atoms with Crippen LogP contribution in [0.5, 0.6) is 0 Å². The van der Waals surface area contributed by atoms with E-state index in [4.69, 9.17) is 5.73 Å². The molecule has 0 aliphatic rings.